The maximum Gasteiger partial charge on any atom is 0.157 e. The molecule has 0 bridgehead atoms. The number of nitrogens with one attached hydrogen (secondary N) is 1. The minimum absolute atomic E-state index is 0.196. The number of nitriles is 1. The molecule has 1 atom stereocenters. The topological polar surface area (TPSA) is 76.3 Å². The van der Waals surface area contributed by atoms with Gasteiger partial charge in [0.15, 0.2) is 11.5 Å². The molecule has 2 aromatic rings. The largest absolute Gasteiger partial charge is 0.504 e. The Hall–Kier alpha value is -2.74. The third kappa shape index (κ3) is 2.75. The zero-order valence-corrected chi connectivity index (χ0v) is 9.84. The van der Waals surface area contributed by atoms with Gasteiger partial charge < -0.3 is 15.5 Å². The van der Waals surface area contributed by atoms with Crippen molar-refractivity contribution in [1.29, 1.82) is 5.26 Å². The first kappa shape index (κ1) is 12.7. The summed E-state index contributed by atoms with van der Waals surface area (Å²) in [4.78, 5) is 0. The number of phenols is 2. The van der Waals surface area contributed by atoms with Gasteiger partial charge in [-0.3, -0.25) is 0 Å². The van der Waals surface area contributed by atoms with Crippen molar-refractivity contribution >= 4 is 5.69 Å². The summed E-state index contributed by atoms with van der Waals surface area (Å²) in [7, 11) is 0. The molecule has 96 valence electrons. The zero-order valence-electron chi connectivity index (χ0n) is 9.84. The standard InChI is InChI=1S/C14H11FN2O2/c15-10-3-1-2-4-11(10)17-12(8-16)9-5-6-13(18)14(19)7-9/h1-7,12,17-19H. The minimum atomic E-state index is -0.830. The molecule has 3 N–H and O–H groups in total. The van der Waals surface area contributed by atoms with E-state index in [1.54, 1.807) is 12.1 Å². The molecule has 0 saturated heterocycles. The Bertz CT molecular complexity index is 638. The third-order valence-electron chi connectivity index (χ3n) is 2.64. The van der Waals surface area contributed by atoms with E-state index in [-0.39, 0.29) is 17.2 Å². The molecular formula is C14H11FN2O2. The highest BCUT2D eigenvalue weighted by atomic mass is 19.1. The molecule has 5 heteroatoms. The van der Waals surface area contributed by atoms with Crippen LogP contribution in [0.5, 0.6) is 11.5 Å². The average molecular weight is 258 g/mol. The summed E-state index contributed by atoms with van der Waals surface area (Å²) in [6.07, 6.45) is 0. The van der Waals surface area contributed by atoms with Crippen molar-refractivity contribution in [3.05, 3.63) is 53.8 Å². The lowest BCUT2D eigenvalue weighted by Crippen LogP contribution is -2.09. The molecule has 0 heterocycles. The number of hydrogen-bond donors (Lipinski definition) is 3. The number of nitrogens with zero attached hydrogens (tertiary/aromatic N) is 1. The number of benzene rings is 2. The zero-order chi connectivity index (χ0) is 13.8. The van der Waals surface area contributed by atoms with Crippen LogP contribution in [0.4, 0.5) is 10.1 Å². The second kappa shape index (κ2) is 5.27. The lowest BCUT2D eigenvalue weighted by molar-refractivity contribution is 0.403. The van der Waals surface area contributed by atoms with E-state index >= 15 is 0 Å². The molecular weight excluding hydrogens is 247 g/mol. The molecule has 0 aromatic heterocycles. The Morgan fingerprint density at radius 2 is 1.84 bits per heavy atom. The lowest BCUT2D eigenvalue weighted by Gasteiger charge is -2.14. The molecule has 0 radical (unpaired) electrons. The van der Waals surface area contributed by atoms with E-state index in [2.05, 4.69) is 5.32 Å². The number of aromatic hydroxyl groups is 2. The van der Waals surface area contributed by atoms with Crippen LogP contribution >= 0.6 is 0 Å². The van der Waals surface area contributed by atoms with Crippen molar-refractivity contribution in [1.82, 2.24) is 0 Å². The maximum atomic E-state index is 13.5. The van der Waals surface area contributed by atoms with E-state index in [0.29, 0.717) is 5.56 Å². The van der Waals surface area contributed by atoms with Gasteiger partial charge in [-0.15, -0.1) is 0 Å². The molecule has 0 amide bonds. The second-order valence-corrected chi connectivity index (χ2v) is 3.93. The molecule has 0 aliphatic rings. The van der Waals surface area contributed by atoms with Crippen molar-refractivity contribution in [2.24, 2.45) is 0 Å². The lowest BCUT2D eigenvalue weighted by atomic mass is 10.1. The monoisotopic (exact) mass is 258 g/mol. The highest BCUT2D eigenvalue weighted by Gasteiger charge is 2.14. The Labute approximate surface area is 109 Å². The van der Waals surface area contributed by atoms with Crippen molar-refractivity contribution in [2.45, 2.75) is 6.04 Å². The molecule has 1 unspecified atom stereocenters. The summed E-state index contributed by atoms with van der Waals surface area (Å²) in [5.41, 5.74) is 0.627. The van der Waals surface area contributed by atoms with Crippen molar-refractivity contribution in [2.75, 3.05) is 5.32 Å². The summed E-state index contributed by atoms with van der Waals surface area (Å²) in [5, 5.41) is 30.5. The van der Waals surface area contributed by atoms with E-state index in [0.717, 1.165) is 0 Å². The molecule has 4 nitrogen and oxygen atoms in total. The summed E-state index contributed by atoms with van der Waals surface area (Å²) in [6, 6.07) is 11.2. The van der Waals surface area contributed by atoms with E-state index in [1.807, 2.05) is 6.07 Å². The first-order valence-electron chi connectivity index (χ1n) is 5.54. The van der Waals surface area contributed by atoms with Gasteiger partial charge in [-0.05, 0) is 29.8 Å². The fourth-order valence-corrected chi connectivity index (χ4v) is 1.64. The van der Waals surface area contributed by atoms with Crippen LogP contribution in [0.1, 0.15) is 11.6 Å². The van der Waals surface area contributed by atoms with E-state index in [4.69, 9.17) is 5.26 Å². The molecule has 0 aliphatic carbocycles. The van der Waals surface area contributed by atoms with Gasteiger partial charge in [-0.2, -0.15) is 5.26 Å². The van der Waals surface area contributed by atoms with Crippen molar-refractivity contribution in [3.8, 4) is 17.6 Å². The van der Waals surface area contributed by atoms with Gasteiger partial charge in [0.25, 0.3) is 0 Å². The Morgan fingerprint density at radius 1 is 1.11 bits per heavy atom. The number of anilines is 1. The molecule has 0 fully saturated rings. The quantitative estimate of drug-likeness (QED) is 0.740. The molecule has 2 rings (SSSR count). The third-order valence-corrected chi connectivity index (χ3v) is 2.64. The van der Waals surface area contributed by atoms with Gasteiger partial charge >= 0.3 is 0 Å². The summed E-state index contributed by atoms with van der Waals surface area (Å²) >= 11 is 0. The first-order chi connectivity index (χ1) is 9.11. The van der Waals surface area contributed by atoms with Crippen LogP contribution in [0, 0.1) is 17.1 Å². The number of rotatable bonds is 3. The summed E-state index contributed by atoms with van der Waals surface area (Å²) in [5.74, 6) is -1.06. The molecule has 2 aromatic carbocycles. The number of halogens is 1. The van der Waals surface area contributed by atoms with Crippen LogP contribution in [0.15, 0.2) is 42.5 Å². The summed E-state index contributed by atoms with van der Waals surface area (Å²) < 4.78 is 13.5. The molecule has 0 spiro atoms. The van der Waals surface area contributed by atoms with Gasteiger partial charge in [0, 0.05) is 0 Å². The predicted molar refractivity (Wildman–Crippen MR) is 68.1 cm³/mol. The Kier molecular flexibility index (Phi) is 3.53. The SMILES string of the molecule is N#CC(Nc1ccccc1F)c1ccc(O)c(O)c1. The highest BCUT2D eigenvalue weighted by Crippen LogP contribution is 2.29. The van der Waals surface area contributed by atoms with E-state index < -0.39 is 11.9 Å². The number of phenolic OH excluding ortho intramolecular Hbond substituents is 2. The highest BCUT2D eigenvalue weighted by molar-refractivity contribution is 5.50. The first-order valence-corrected chi connectivity index (χ1v) is 5.54. The van der Waals surface area contributed by atoms with E-state index in [1.165, 1.54) is 30.3 Å². The molecule has 0 aliphatic heterocycles. The Morgan fingerprint density at radius 3 is 2.47 bits per heavy atom. The van der Waals surface area contributed by atoms with Crippen LogP contribution in [-0.2, 0) is 0 Å². The molecule has 19 heavy (non-hydrogen) atoms. The number of para-hydroxylation sites is 1. The van der Waals surface area contributed by atoms with Gasteiger partial charge in [-0.25, -0.2) is 4.39 Å². The average Bonchev–Trinajstić information content (AvgIpc) is 2.41. The predicted octanol–water partition coefficient (Wildman–Crippen LogP) is 2.91. The van der Waals surface area contributed by atoms with Gasteiger partial charge in [-0.1, -0.05) is 18.2 Å². The fourth-order valence-electron chi connectivity index (χ4n) is 1.64. The molecule has 0 saturated carbocycles. The van der Waals surface area contributed by atoms with Gasteiger partial charge in [0.2, 0.25) is 0 Å². The Balaban J connectivity index is 2.28. The maximum absolute atomic E-state index is 13.5. The van der Waals surface area contributed by atoms with Crippen molar-refractivity contribution in [3.63, 3.8) is 0 Å². The van der Waals surface area contributed by atoms with E-state index in [9.17, 15) is 14.6 Å². The van der Waals surface area contributed by atoms with Gasteiger partial charge in [0.1, 0.15) is 11.9 Å². The number of hydrogen-bond acceptors (Lipinski definition) is 4. The van der Waals surface area contributed by atoms with Gasteiger partial charge in [0.05, 0.1) is 11.8 Å². The normalized spacial score (nSPS) is 11.6. The van der Waals surface area contributed by atoms with Crippen LogP contribution < -0.4 is 5.32 Å². The van der Waals surface area contributed by atoms with Crippen LogP contribution in [0.25, 0.3) is 0 Å². The van der Waals surface area contributed by atoms with Crippen LogP contribution in [0.3, 0.4) is 0 Å². The fraction of sp³-hybridized carbons (Fsp3) is 0.0714. The smallest absolute Gasteiger partial charge is 0.157 e. The van der Waals surface area contributed by atoms with Crippen LogP contribution in [-0.4, -0.2) is 10.2 Å². The van der Waals surface area contributed by atoms with Crippen molar-refractivity contribution < 1.29 is 14.6 Å². The summed E-state index contributed by atoms with van der Waals surface area (Å²) in [6.45, 7) is 0. The minimum Gasteiger partial charge on any atom is -0.504 e. The van der Waals surface area contributed by atoms with Crippen LogP contribution in [0.2, 0.25) is 0 Å². The second-order valence-electron chi connectivity index (χ2n) is 3.93.